The summed E-state index contributed by atoms with van der Waals surface area (Å²) in [5.74, 6) is -0.381. The Bertz CT molecular complexity index is 1310. The summed E-state index contributed by atoms with van der Waals surface area (Å²) in [7, 11) is 1.77. The maximum atomic E-state index is 14.6. The van der Waals surface area contributed by atoms with E-state index in [1.54, 1.807) is 24.0 Å². The van der Waals surface area contributed by atoms with Crippen molar-refractivity contribution in [3.05, 3.63) is 47.5 Å². The normalized spacial score (nSPS) is 17.2. The van der Waals surface area contributed by atoms with Crippen LogP contribution in [0.3, 0.4) is 0 Å². The molecule has 9 heteroatoms. The van der Waals surface area contributed by atoms with Gasteiger partial charge in [-0.15, -0.1) is 11.8 Å². The monoisotopic (exact) mass is 470 g/mol. The molecule has 0 aliphatic carbocycles. The molecule has 1 saturated heterocycles. The first-order valence-electron chi connectivity index (χ1n) is 10.6. The van der Waals surface area contributed by atoms with Crippen LogP contribution in [0.15, 0.2) is 36.7 Å². The van der Waals surface area contributed by atoms with Crippen molar-refractivity contribution in [2.24, 2.45) is 7.05 Å². The van der Waals surface area contributed by atoms with Gasteiger partial charge < -0.3 is 4.90 Å². The Hall–Kier alpha value is -2.42. The first-order chi connectivity index (χ1) is 15.5. The first kappa shape index (κ1) is 21.4. The quantitative estimate of drug-likeness (QED) is 0.402. The number of aryl methyl sites for hydroxylation is 1. The van der Waals surface area contributed by atoms with Gasteiger partial charge in [0.1, 0.15) is 5.52 Å². The van der Waals surface area contributed by atoms with Crippen LogP contribution in [0.4, 0.5) is 10.1 Å². The van der Waals surface area contributed by atoms with Gasteiger partial charge in [-0.3, -0.25) is 9.58 Å². The van der Waals surface area contributed by atoms with Crippen molar-refractivity contribution in [1.29, 1.82) is 0 Å². The minimum atomic E-state index is -0.381. The molecule has 1 aliphatic rings. The number of nitrogens with zero attached hydrogens (tertiary/aromatic N) is 6. The Labute approximate surface area is 195 Å². The topological polar surface area (TPSA) is 50.1 Å². The van der Waals surface area contributed by atoms with E-state index in [-0.39, 0.29) is 5.82 Å². The van der Waals surface area contributed by atoms with E-state index < -0.39 is 0 Å². The van der Waals surface area contributed by atoms with Crippen LogP contribution in [0.5, 0.6) is 0 Å². The van der Waals surface area contributed by atoms with Crippen molar-refractivity contribution in [2.75, 3.05) is 30.9 Å². The second kappa shape index (κ2) is 8.50. The number of pyridine rings is 2. The van der Waals surface area contributed by atoms with Crippen molar-refractivity contribution >= 4 is 51.0 Å². The number of anilines is 1. The highest BCUT2D eigenvalue weighted by Crippen LogP contribution is 2.33. The molecule has 0 amide bonds. The average molecular weight is 471 g/mol. The number of thioether (sulfide) groups is 1. The summed E-state index contributed by atoms with van der Waals surface area (Å²) in [5.41, 5.74) is 3.17. The molecule has 5 rings (SSSR count). The molecule has 166 valence electrons. The lowest BCUT2D eigenvalue weighted by molar-refractivity contribution is 0.321. The van der Waals surface area contributed by atoms with Gasteiger partial charge in [0, 0.05) is 42.7 Å². The lowest BCUT2D eigenvalue weighted by Crippen LogP contribution is -2.29. The minimum absolute atomic E-state index is 0.345. The average Bonchev–Trinajstić information content (AvgIpc) is 3.36. The second-order valence-electron chi connectivity index (χ2n) is 8.12. The van der Waals surface area contributed by atoms with Crippen LogP contribution >= 0.6 is 23.4 Å². The summed E-state index contributed by atoms with van der Waals surface area (Å²) in [6.45, 7) is 5.10. The van der Waals surface area contributed by atoms with E-state index in [2.05, 4.69) is 44.1 Å². The van der Waals surface area contributed by atoms with Gasteiger partial charge >= 0.3 is 0 Å². The van der Waals surface area contributed by atoms with Crippen molar-refractivity contribution in [3.63, 3.8) is 0 Å². The lowest BCUT2D eigenvalue weighted by Gasteiger charge is -2.20. The maximum absolute atomic E-state index is 14.6. The molecule has 1 aliphatic heterocycles. The molecule has 32 heavy (non-hydrogen) atoms. The zero-order valence-electron chi connectivity index (χ0n) is 18.2. The Morgan fingerprint density at radius 3 is 2.88 bits per heavy atom. The minimum Gasteiger partial charge on any atom is -0.355 e. The fraction of sp³-hybridized carbons (Fsp3) is 0.348. The fourth-order valence-corrected chi connectivity index (χ4v) is 5.36. The standard InChI is InChI=1S/C23H24ClFN6S/c1-4-5-30-13-31(12-21(30)32-3)16-8-17-18(24)9-20(27-23(17)26-10-16)14-6-15-11-29(2)28-22(15)19(25)7-14/h6-11,21H,4-5,12-13H2,1-3H3. The summed E-state index contributed by atoms with van der Waals surface area (Å²) >= 11 is 8.54. The third-order valence-corrected chi connectivity index (χ3v) is 7.16. The molecular formula is C23H24ClFN6S. The molecule has 4 aromatic rings. The molecule has 4 heterocycles. The lowest BCUT2D eigenvalue weighted by atomic mass is 10.1. The van der Waals surface area contributed by atoms with Gasteiger partial charge in [-0.2, -0.15) is 5.10 Å². The summed E-state index contributed by atoms with van der Waals surface area (Å²) in [6, 6.07) is 7.16. The van der Waals surface area contributed by atoms with E-state index >= 15 is 0 Å². The number of rotatable bonds is 5. The van der Waals surface area contributed by atoms with Gasteiger partial charge in [0.15, 0.2) is 11.5 Å². The number of halogens is 2. The van der Waals surface area contributed by atoms with Crippen LogP contribution < -0.4 is 4.90 Å². The highest BCUT2D eigenvalue weighted by atomic mass is 35.5. The van der Waals surface area contributed by atoms with E-state index in [9.17, 15) is 4.39 Å². The van der Waals surface area contributed by atoms with Gasteiger partial charge in [0.05, 0.1) is 34.6 Å². The molecule has 0 N–H and O–H groups in total. The Balaban J connectivity index is 1.50. The Kier molecular flexibility index (Phi) is 5.69. The van der Waals surface area contributed by atoms with Crippen LogP contribution in [-0.2, 0) is 7.05 Å². The predicted octanol–water partition coefficient (Wildman–Crippen LogP) is 5.15. The Morgan fingerprint density at radius 1 is 1.25 bits per heavy atom. The largest absolute Gasteiger partial charge is 0.355 e. The SMILES string of the molecule is CCCN1CN(c2cnc3nc(-c4cc(F)c5nn(C)cc5c4)cc(Cl)c3c2)CC1SC. The van der Waals surface area contributed by atoms with Crippen LogP contribution in [0.25, 0.3) is 33.2 Å². The third-order valence-electron chi connectivity index (χ3n) is 5.86. The van der Waals surface area contributed by atoms with Gasteiger partial charge in [0.25, 0.3) is 0 Å². The van der Waals surface area contributed by atoms with Crippen LogP contribution in [0.1, 0.15) is 13.3 Å². The van der Waals surface area contributed by atoms with E-state index in [4.69, 9.17) is 11.6 Å². The molecule has 0 radical (unpaired) electrons. The molecule has 0 saturated carbocycles. The zero-order valence-corrected chi connectivity index (χ0v) is 19.8. The van der Waals surface area contributed by atoms with E-state index in [0.29, 0.717) is 32.8 Å². The zero-order chi connectivity index (χ0) is 22.4. The van der Waals surface area contributed by atoms with Gasteiger partial charge in [-0.1, -0.05) is 18.5 Å². The van der Waals surface area contributed by atoms with E-state index in [1.807, 2.05) is 24.0 Å². The summed E-state index contributed by atoms with van der Waals surface area (Å²) < 4.78 is 16.2. The summed E-state index contributed by atoms with van der Waals surface area (Å²) in [4.78, 5) is 14.1. The van der Waals surface area contributed by atoms with Crippen LogP contribution in [0.2, 0.25) is 5.02 Å². The molecule has 1 fully saturated rings. The first-order valence-corrected chi connectivity index (χ1v) is 12.2. The Morgan fingerprint density at radius 2 is 2.09 bits per heavy atom. The van der Waals surface area contributed by atoms with Crippen molar-refractivity contribution < 1.29 is 4.39 Å². The number of hydrogen-bond acceptors (Lipinski definition) is 6. The van der Waals surface area contributed by atoms with E-state index in [0.717, 1.165) is 42.6 Å². The summed E-state index contributed by atoms with van der Waals surface area (Å²) in [5, 5.41) is 6.70. The number of aromatic nitrogens is 4. The number of benzene rings is 1. The smallest absolute Gasteiger partial charge is 0.161 e. The molecule has 1 atom stereocenters. The summed E-state index contributed by atoms with van der Waals surface area (Å²) in [6.07, 6.45) is 6.93. The molecule has 0 bridgehead atoms. The molecule has 1 aromatic carbocycles. The molecule has 0 spiro atoms. The molecule has 1 unspecified atom stereocenters. The third kappa shape index (κ3) is 3.80. The van der Waals surface area contributed by atoms with Gasteiger partial charge in [-0.05, 0) is 36.9 Å². The number of fused-ring (bicyclic) bond motifs is 2. The number of hydrogen-bond donors (Lipinski definition) is 0. The predicted molar refractivity (Wildman–Crippen MR) is 131 cm³/mol. The van der Waals surface area contributed by atoms with Gasteiger partial charge in [-0.25, -0.2) is 14.4 Å². The molecule has 6 nitrogen and oxygen atoms in total. The van der Waals surface area contributed by atoms with Crippen molar-refractivity contribution in [3.8, 4) is 11.3 Å². The maximum Gasteiger partial charge on any atom is 0.161 e. The molecule has 3 aromatic heterocycles. The van der Waals surface area contributed by atoms with Crippen molar-refractivity contribution in [1.82, 2.24) is 24.6 Å². The van der Waals surface area contributed by atoms with Crippen LogP contribution in [0, 0.1) is 5.82 Å². The second-order valence-corrected chi connectivity index (χ2v) is 9.54. The highest BCUT2D eigenvalue weighted by molar-refractivity contribution is 7.99. The van der Waals surface area contributed by atoms with Gasteiger partial charge in [0.2, 0.25) is 0 Å². The van der Waals surface area contributed by atoms with Crippen LogP contribution in [-0.4, -0.2) is 56.0 Å². The van der Waals surface area contributed by atoms with Crippen molar-refractivity contribution in [2.45, 2.75) is 18.7 Å². The molecular weight excluding hydrogens is 447 g/mol. The van der Waals surface area contributed by atoms with E-state index in [1.165, 1.54) is 6.07 Å². The highest BCUT2D eigenvalue weighted by Gasteiger charge is 2.29. The fourth-order valence-electron chi connectivity index (χ4n) is 4.32.